The molecule has 21 heavy (non-hydrogen) atoms. The first-order valence-corrected chi connectivity index (χ1v) is 8.36. The lowest BCUT2D eigenvalue weighted by atomic mass is 9.88. The van der Waals surface area contributed by atoms with Crippen molar-refractivity contribution >= 4 is 11.8 Å². The van der Waals surface area contributed by atoms with Crippen LogP contribution >= 0.6 is 0 Å². The van der Waals surface area contributed by atoms with Crippen molar-refractivity contribution in [2.75, 3.05) is 6.54 Å². The van der Waals surface area contributed by atoms with E-state index in [9.17, 15) is 9.59 Å². The molecule has 2 amide bonds. The second kappa shape index (κ2) is 7.78. The summed E-state index contributed by atoms with van der Waals surface area (Å²) in [4.78, 5) is 24.1. The Labute approximate surface area is 127 Å². The maximum absolute atomic E-state index is 12.3. The summed E-state index contributed by atoms with van der Waals surface area (Å²) in [6.07, 6.45) is 7.26. The van der Waals surface area contributed by atoms with Crippen LogP contribution in [0.1, 0.15) is 65.2 Å². The van der Waals surface area contributed by atoms with Crippen molar-refractivity contribution in [3.63, 3.8) is 0 Å². The molecular formula is C16H28N2O3. The first-order valence-electron chi connectivity index (χ1n) is 8.36. The summed E-state index contributed by atoms with van der Waals surface area (Å²) in [5.74, 6) is 0.509. The number of ether oxygens (including phenoxy) is 1. The zero-order valence-corrected chi connectivity index (χ0v) is 13.3. The van der Waals surface area contributed by atoms with Gasteiger partial charge in [-0.25, -0.2) is 0 Å². The quantitative estimate of drug-likeness (QED) is 0.847. The van der Waals surface area contributed by atoms with E-state index >= 15 is 0 Å². The molecule has 5 heteroatoms. The van der Waals surface area contributed by atoms with Crippen LogP contribution in [-0.2, 0) is 14.3 Å². The average Bonchev–Trinajstić information content (AvgIpc) is 2.47. The number of amides is 2. The number of carbonyl (C=O) groups is 2. The van der Waals surface area contributed by atoms with Gasteiger partial charge in [0.15, 0.2) is 0 Å². The van der Waals surface area contributed by atoms with Gasteiger partial charge in [0.25, 0.3) is 5.91 Å². The summed E-state index contributed by atoms with van der Waals surface area (Å²) >= 11 is 0. The van der Waals surface area contributed by atoms with E-state index in [0.29, 0.717) is 25.3 Å². The largest absolute Gasteiger partial charge is 0.365 e. The Morgan fingerprint density at radius 1 is 1.38 bits per heavy atom. The molecule has 1 heterocycles. The summed E-state index contributed by atoms with van der Waals surface area (Å²) in [6.45, 7) is 4.80. The van der Waals surface area contributed by atoms with Crippen LogP contribution in [0.5, 0.6) is 0 Å². The Balaban J connectivity index is 1.84. The third kappa shape index (κ3) is 4.70. The van der Waals surface area contributed by atoms with Gasteiger partial charge in [-0.3, -0.25) is 20.0 Å². The molecule has 1 aliphatic carbocycles. The van der Waals surface area contributed by atoms with E-state index in [-0.39, 0.29) is 17.9 Å². The van der Waals surface area contributed by atoms with E-state index in [4.69, 9.17) is 4.74 Å². The Bertz CT molecular complexity index is 373. The van der Waals surface area contributed by atoms with Crippen molar-refractivity contribution in [1.82, 2.24) is 10.4 Å². The lowest BCUT2D eigenvalue weighted by Crippen LogP contribution is -2.52. The second-order valence-electron chi connectivity index (χ2n) is 6.41. The zero-order valence-electron chi connectivity index (χ0n) is 13.3. The van der Waals surface area contributed by atoms with E-state index in [1.54, 1.807) is 0 Å². The molecule has 2 aliphatic rings. The molecule has 0 aromatic rings. The molecule has 0 spiro atoms. The highest BCUT2D eigenvalue weighted by atomic mass is 16.5. The Morgan fingerprint density at radius 2 is 2.19 bits per heavy atom. The van der Waals surface area contributed by atoms with Crippen LogP contribution in [0.3, 0.4) is 0 Å². The van der Waals surface area contributed by atoms with Gasteiger partial charge in [0.05, 0.1) is 6.10 Å². The maximum atomic E-state index is 12.3. The first kappa shape index (κ1) is 16.3. The second-order valence-corrected chi connectivity index (χ2v) is 6.41. The van der Waals surface area contributed by atoms with Crippen molar-refractivity contribution in [2.24, 2.45) is 5.92 Å². The molecule has 3 atom stereocenters. The van der Waals surface area contributed by atoms with Gasteiger partial charge in [-0.05, 0) is 38.0 Å². The number of hydrogen-bond acceptors (Lipinski definition) is 3. The number of rotatable bonds is 5. The third-order valence-corrected chi connectivity index (χ3v) is 4.48. The van der Waals surface area contributed by atoms with E-state index in [0.717, 1.165) is 25.7 Å². The van der Waals surface area contributed by atoms with Crippen molar-refractivity contribution < 1.29 is 14.3 Å². The van der Waals surface area contributed by atoms with Crippen molar-refractivity contribution in [3.8, 4) is 0 Å². The molecule has 2 rings (SSSR count). The van der Waals surface area contributed by atoms with Gasteiger partial charge in [0, 0.05) is 13.0 Å². The van der Waals surface area contributed by atoms with Crippen LogP contribution in [0.15, 0.2) is 0 Å². The normalized spacial score (nSPS) is 28.3. The maximum Gasteiger partial charge on any atom is 0.267 e. The van der Waals surface area contributed by atoms with Crippen LogP contribution in [0, 0.1) is 5.92 Å². The van der Waals surface area contributed by atoms with Crippen LogP contribution < -0.4 is 5.43 Å². The van der Waals surface area contributed by atoms with E-state index in [1.807, 2.05) is 6.92 Å². The Kier molecular flexibility index (Phi) is 6.03. The van der Waals surface area contributed by atoms with Gasteiger partial charge in [-0.1, -0.05) is 26.7 Å². The van der Waals surface area contributed by atoms with E-state index < -0.39 is 6.10 Å². The molecule has 0 aromatic carbocycles. The van der Waals surface area contributed by atoms with Crippen LogP contribution in [0.25, 0.3) is 0 Å². The summed E-state index contributed by atoms with van der Waals surface area (Å²) in [5.41, 5.74) is 2.74. The molecule has 120 valence electrons. The molecule has 1 N–H and O–H groups in total. The highest BCUT2D eigenvalue weighted by Crippen LogP contribution is 2.27. The smallest absolute Gasteiger partial charge is 0.267 e. The molecular weight excluding hydrogens is 268 g/mol. The van der Waals surface area contributed by atoms with Crippen molar-refractivity contribution in [3.05, 3.63) is 0 Å². The molecule has 5 nitrogen and oxygen atoms in total. The molecule has 1 saturated heterocycles. The number of hydrogen-bond donors (Lipinski definition) is 1. The molecule has 2 fully saturated rings. The van der Waals surface area contributed by atoms with E-state index in [1.165, 1.54) is 17.9 Å². The SMILES string of the molecule is CC[C@H](O[C@H]1CCC[C@@H](C)C1)C(=O)NN1CCCCC1=O. The minimum Gasteiger partial charge on any atom is -0.365 e. The topological polar surface area (TPSA) is 58.6 Å². The first-order chi connectivity index (χ1) is 10.1. The number of hydrazine groups is 1. The summed E-state index contributed by atoms with van der Waals surface area (Å²) in [6, 6.07) is 0. The third-order valence-electron chi connectivity index (χ3n) is 4.48. The summed E-state index contributed by atoms with van der Waals surface area (Å²) in [7, 11) is 0. The molecule has 0 radical (unpaired) electrons. The average molecular weight is 296 g/mol. The van der Waals surface area contributed by atoms with Gasteiger partial charge in [0.1, 0.15) is 6.10 Å². The molecule has 0 aromatic heterocycles. The monoisotopic (exact) mass is 296 g/mol. The fraction of sp³-hybridized carbons (Fsp3) is 0.875. The molecule has 0 bridgehead atoms. The highest BCUT2D eigenvalue weighted by molar-refractivity contribution is 5.85. The van der Waals surface area contributed by atoms with Gasteiger partial charge in [-0.2, -0.15) is 0 Å². The number of piperidine rings is 1. The lowest BCUT2D eigenvalue weighted by Gasteiger charge is -2.32. The Morgan fingerprint density at radius 3 is 2.86 bits per heavy atom. The van der Waals surface area contributed by atoms with E-state index in [2.05, 4.69) is 12.3 Å². The van der Waals surface area contributed by atoms with Gasteiger partial charge < -0.3 is 4.74 Å². The fourth-order valence-electron chi connectivity index (χ4n) is 3.21. The van der Waals surface area contributed by atoms with Crippen molar-refractivity contribution in [2.45, 2.75) is 77.4 Å². The number of carbonyl (C=O) groups excluding carboxylic acids is 2. The van der Waals surface area contributed by atoms with Crippen LogP contribution in [0.4, 0.5) is 0 Å². The predicted octanol–water partition coefficient (Wildman–Crippen LogP) is 2.40. The van der Waals surface area contributed by atoms with Crippen molar-refractivity contribution in [1.29, 1.82) is 0 Å². The highest BCUT2D eigenvalue weighted by Gasteiger charge is 2.28. The standard InChI is InChI=1S/C16H28N2O3/c1-3-14(21-13-8-6-7-12(2)11-13)16(20)17-18-10-5-4-9-15(18)19/h12-14H,3-11H2,1-2H3,(H,17,20)/t12-,13+,14+/m1/s1. The minimum atomic E-state index is -0.449. The molecule has 1 aliphatic heterocycles. The fourth-order valence-corrected chi connectivity index (χ4v) is 3.21. The number of nitrogens with zero attached hydrogens (tertiary/aromatic N) is 1. The Hall–Kier alpha value is -1.10. The lowest BCUT2D eigenvalue weighted by molar-refractivity contribution is -0.152. The van der Waals surface area contributed by atoms with Crippen LogP contribution in [-0.4, -0.2) is 35.6 Å². The predicted molar refractivity (Wildman–Crippen MR) is 80.3 cm³/mol. The van der Waals surface area contributed by atoms with Gasteiger partial charge in [-0.15, -0.1) is 0 Å². The molecule has 1 saturated carbocycles. The summed E-state index contributed by atoms with van der Waals surface area (Å²) < 4.78 is 6.00. The summed E-state index contributed by atoms with van der Waals surface area (Å²) in [5, 5.41) is 1.46. The minimum absolute atomic E-state index is 0.00995. The number of nitrogens with one attached hydrogen (secondary N) is 1. The zero-order chi connectivity index (χ0) is 15.2. The molecule has 0 unspecified atom stereocenters. The van der Waals surface area contributed by atoms with Gasteiger partial charge in [0.2, 0.25) is 5.91 Å². The van der Waals surface area contributed by atoms with Gasteiger partial charge >= 0.3 is 0 Å². The van der Waals surface area contributed by atoms with Crippen LogP contribution in [0.2, 0.25) is 0 Å².